The van der Waals surface area contributed by atoms with Crippen molar-refractivity contribution in [2.24, 2.45) is 0 Å². The van der Waals surface area contributed by atoms with Gasteiger partial charge in [0.2, 0.25) is 0 Å². The highest BCUT2D eigenvalue weighted by atomic mass is 35.5. The van der Waals surface area contributed by atoms with Crippen molar-refractivity contribution in [3.8, 4) is 5.69 Å². The SMILES string of the molecule is Cc1cc(C)n2c(SCc3nnnn3-c3ccc(Cl)c(Cl)c3)nnc2n1. The molecule has 0 fully saturated rings. The topological polar surface area (TPSA) is 86.7 Å². The summed E-state index contributed by atoms with van der Waals surface area (Å²) in [5, 5.41) is 21.9. The Morgan fingerprint density at radius 3 is 2.69 bits per heavy atom. The molecule has 4 rings (SSSR count). The highest BCUT2D eigenvalue weighted by Crippen LogP contribution is 2.26. The monoisotopic (exact) mass is 406 g/mol. The highest BCUT2D eigenvalue weighted by Gasteiger charge is 2.14. The summed E-state index contributed by atoms with van der Waals surface area (Å²) in [5.74, 6) is 1.73. The number of hydrogen-bond acceptors (Lipinski definition) is 7. The summed E-state index contributed by atoms with van der Waals surface area (Å²) >= 11 is 13.5. The minimum Gasteiger partial charge on any atom is -0.259 e. The fourth-order valence-electron chi connectivity index (χ4n) is 2.54. The summed E-state index contributed by atoms with van der Waals surface area (Å²) in [6, 6.07) is 7.22. The second-order valence-electron chi connectivity index (χ2n) is 5.55. The van der Waals surface area contributed by atoms with E-state index in [1.54, 1.807) is 16.8 Å². The van der Waals surface area contributed by atoms with E-state index in [2.05, 4.69) is 30.7 Å². The van der Waals surface area contributed by atoms with E-state index in [0.717, 1.165) is 22.2 Å². The average Bonchev–Trinajstić information content (AvgIpc) is 3.22. The molecule has 0 spiro atoms. The van der Waals surface area contributed by atoms with E-state index < -0.39 is 0 Å². The number of thioether (sulfide) groups is 1. The molecule has 8 nitrogen and oxygen atoms in total. The summed E-state index contributed by atoms with van der Waals surface area (Å²) in [7, 11) is 0. The first-order valence-corrected chi connectivity index (χ1v) is 9.32. The molecule has 132 valence electrons. The fourth-order valence-corrected chi connectivity index (χ4v) is 3.72. The normalized spacial score (nSPS) is 11.4. The molecule has 0 radical (unpaired) electrons. The Balaban J connectivity index is 1.62. The zero-order valence-electron chi connectivity index (χ0n) is 13.8. The Morgan fingerprint density at radius 2 is 1.88 bits per heavy atom. The third kappa shape index (κ3) is 3.13. The number of fused-ring (bicyclic) bond motifs is 1. The Morgan fingerprint density at radius 1 is 1.04 bits per heavy atom. The third-order valence-electron chi connectivity index (χ3n) is 3.68. The van der Waals surface area contributed by atoms with Gasteiger partial charge in [-0.05, 0) is 48.5 Å². The van der Waals surface area contributed by atoms with Crippen molar-refractivity contribution in [3.05, 3.63) is 51.5 Å². The van der Waals surface area contributed by atoms with Crippen molar-refractivity contribution in [2.45, 2.75) is 24.8 Å². The standard InChI is InChI=1S/C15H12Cl2N8S/c1-8-5-9(2)24-14(18-8)20-21-15(24)26-7-13-19-22-23-25(13)10-3-4-11(16)12(17)6-10/h3-6H,7H2,1-2H3. The Hall–Kier alpha value is -2.23. The van der Waals surface area contributed by atoms with Crippen LogP contribution in [-0.2, 0) is 5.75 Å². The van der Waals surface area contributed by atoms with Crippen LogP contribution in [0.1, 0.15) is 17.2 Å². The van der Waals surface area contributed by atoms with E-state index >= 15 is 0 Å². The Bertz CT molecular complexity index is 1110. The lowest BCUT2D eigenvalue weighted by Gasteiger charge is -2.06. The molecule has 1 aromatic carbocycles. The number of hydrogen-bond donors (Lipinski definition) is 0. The largest absolute Gasteiger partial charge is 0.259 e. The lowest BCUT2D eigenvalue weighted by atomic mass is 10.3. The second-order valence-corrected chi connectivity index (χ2v) is 7.31. The molecule has 0 N–H and O–H groups in total. The molecule has 0 aliphatic rings. The van der Waals surface area contributed by atoms with Crippen LogP contribution in [0, 0.1) is 13.8 Å². The molecular weight excluding hydrogens is 395 g/mol. The number of rotatable bonds is 4. The molecule has 26 heavy (non-hydrogen) atoms. The molecule has 4 aromatic rings. The zero-order chi connectivity index (χ0) is 18.3. The van der Waals surface area contributed by atoms with Gasteiger partial charge in [0.15, 0.2) is 11.0 Å². The zero-order valence-corrected chi connectivity index (χ0v) is 16.1. The van der Waals surface area contributed by atoms with Crippen molar-refractivity contribution in [1.82, 2.24) is 39.8 Å². The lowest BCUT2D eigenvalue weighted by Crippen LogP contribution is -2.03. The van der Waals surface area contributed by atoms with E-state index in [-0.39, 0.29) is 0 Å². The molecule has 0 saturated heterocycles. The molecular formula is C15H12Cl2N8S. The molecule has 0 saturated carbocycles. The minimum atomic E-state index is 0.443. The summed E-state index contributed by atoms with van der Waals surface area (Å²) in [4.78, 5) is 4.39. The van der Waals surface area contributed by atoms with Crippen LogP contribution in [0.2, 0.25) is 10.0 Å². The summed E-state index contributed by atoms with van der Waals surface area (Å²) < 4.78 is 3.53. The van der Waals surface area contributed by atoms with Crippen molar-refractivity contribution in [1.29, 1.82) is 0 Å². The number of benzene rings is 1. The Kier molecular flexibility index (Phi) is 4.51. The molecule has 3 heterocycles. The van der Waals surface area contributed by atoms with Crippen LogP contribution >= 0.6 is 35.0 Å². The molecule has 0 amide bonds. The summed E-state index contributed by atoms with van der Waals surface area (Å²) in [6.45, 7) is 3.93. The van der Waals surface area contributed by atoms with Gasteiger partial charge in [0.25, 0.3) is 5.78 Å². The number of aryl methyl sites for hydroxylation is 2. The molecule has 0 aliphatic carbocycles. The van der Waals surface area contributed by atoms with Crippen LogP contribution in [-0.4, -0.2) is 39.8 Å². The number of halogens is 2. The van der Waals surface area contributed by atoms with Gasteiger partial charge in [-0.3, -0.25) is 4.40 Å². The van der Waals surface area contributed by atoms with Crippen LogP contribution in [0.25, 0.3) is 11.5 Å². The number of nitrogens with zero attached hydrogens (tertiary/aromatic N) is 8. The quantitative estimate of drug-likeness (QED) is 0.480. The molecule has 0 bridgehead atoms. The first-order valence-electron chi connectivity index (χ1n) is 7.58. The van der Waals surface area contributed by atoms with Gasteiger partial charge in [-0.1, -0.05) is 35.0 Å². The summed E-state index contributed by atoms with van der Waals surface area (Å²) in [5.41, 5.74) is 2.66. The summed E-state index contributed by atoms with van der Waals surface area (Å²) in [6.07, 6.45) is 0. The van der Waals surface area contributed by atoms with Crippen molar-refractivity contribution in [3.63, 3.8) is 0 Å². The van der Waals surface area contributed by atoms with Crippen LogP contribution in [0.5, 0.6) is 0 Å². The van der Waals surface area contributed by atoms with Crippen LogP contribution < -0.4 is 0 Å². The molecule has 0 atom stereocenters. The van der Waals surface area contributed by atoms with Gasteiger partial charge in [0.1, 0.15) is 0 Å². The highest BCUT2D eigenvalue weighted by molar-refractivity contribution is 7.98. The van der Waals surface area contributed by atoms with E-state index in [4.69, 9.17) is 23.2 Å². The van der Waals surface area contributed by atoms with Gasteiger partial charge in [0, 0.05) is 11.4 Å². The van der Waals surface area contributed by atoms with Crippen molar-refractivity contribution < 1.29 is 0 Å². The number of tetrazole rings is 1. The van der Waals surface area contributed by atoms with Gasteiger partial charge in [0.05, 0.1) is 21.5 Å². The van der Waals surface area contributed by atoms with Crippen LogP contribution in [0.4, 0.5) is 0 Å². The molecule has 0 aliphatic heterocycles. The van der Waals surface area contributed by atoms with Gasteiger partial charge in [-0.2, -0.15) is 4.68 Å². The van der Waals surface area contributed by atoms with E-state index in [0.29, 0.717) is 27.4 Å². The molecule has 3 aromatic heterocycles. The smallest absolute Gasteiger partial charge is 0.256 e. The maximum absolute atomic E-state index is 6.09. The first-order chi connectivity index (χ1) is 12.5. The average molecular weight is 407 g/mol. The first kappa shape index (κ1) is 17.2. The van der Waals surface area contributed by atoms with Gasteiger partial charge < -0.3 is 0 Å². The van der Waals surface area contributed by atoms with E-state index in [1.807, 2.05) is 30.4 Å². The molecule has 0 unspecified atom stereocenters. The van der Waals surface area contributed by atoms with Crippen LogP contribution in [0.3, 0.4) is 0 Å². The lowest BCUT2D eigenvalue weighted by molar-refractivity contribution is 0.777. The number of aromatic nitrogens is 8. The maximum atomic E-state index is 6.09. The van der Waals surface area contributed by atoms with Gasteiger partial charge in [-0.25, -0.2) is 4.98 Å². The predicted molar refractivity (Wildman–Crippen MR) is 99.0 cm³/mol. The van der Waals surface area contributed by atoms with Gasteiger partial charge >= 0.3 is 0 Å². The van der Waals surface area contributed by atoms with E-state index in [9.17, 15) is 0 Å². The Labute approximate surface area is 162 Å². The maximum Gasteiger partial charge on any atom is 0.256 e. The molecule has 11 heteroatoms. The van der Waals surface area contributed by atoms with Crippen molar-refractivity contribution >= 4 is 40.7 Å². The van der Waals surface area contributed by atoms with Crippen LogP contribution in [0.15, 0.2) is 29.4 Å². The second kappa shape index (κ2) is 6.82. The van der Waals surface area contributed by atoms with Crippen molar-refractivity contribution in [2.75, 3.05) is 0 Å². The third-order valence-corrected chi connectivity index (χ3v) is 5.34. The fraction of sp³-hybridized carbons (Fsp3) is 0.200. The minimum absolute atomic E-state index is 0.443. The predicted octanol–water partition coefficient (Wildman–Crippen LogP) is 3.32. The van der Waals surface area contributed by atoms with E-state index in [1.165, 1.54) is 11.8 Å². The van der Waals surface area contributed by atoms with Gasteiger partial charge in [-0.15, -0.1) is 15.3 Å².